The van der Waals surface area contributed by atoms with Gasteiger partial charge in [0.05, 0.1) is 4.90 Å². The molecular weight excluding hydrogens is 302 g/mol. The van der Waals surface area contributed by atoms with Gasteiger partial charge in [-0.25, -0.2) is 8.42 Å². The highest BCUT2D eigenvalue weighted by Gasteiger charge is 2.34. The predicted octanol–water partition coefficient (Wildman–Crippen LogP) is 1.54. The summed E-state index contributed by atoms with van der Waals surface area (Å²) in [6, 6.07) is 4.43. The van der Waals surface area contributed by atoms with Crippen molar-refractivity contribution in [3.05, 3.63) is 23.8 Å². The molecule has 7 heteroatoms. The van der Waals surface area contributed by atoms with Crippen LogP contribution in [0.4, 0.5) is 0 Å². The SMILES string of the molecule is O=C(C1Cc2cc(S(=O)(=O)Cl)ccc2O1)N1CCCC1. The molecule has 1 amide bonds. The summed E-state index contributed by atoms with van der Waals surface area (Å²) in [5.41, 5.74) is 0.712. The smallest absolute Gasteiger partial charge is 0.263 e. The molecule has 5 nitrogen and oxygen atoms in total. The van der Waals surface area contributed by atoms with Gasteiger partial charge in [-0.2, -0.15) is 0 Å². The summed E-state index contributed by atoms with van der Waals surface area (Å²) in [5.74, 6) is 0.542. The number of nitrogens with zero attached hydrogens (tertiary/aromatic N) is 1. The molecule has 0 saturated carbocycles. The first-order valence-electron chi connectivity index (χ1n) is 6.48. The summed E-state index contributed by atoms with van der Waals surface area (Å²) >= 11 is 0. The van der Waals surface area contributed by atoms with Crippen LogP contribution in [0.5, 0.6) is 5.75 Å². The van der Waals surface area contributed by atoms with Crippen LogP contribution in [-0.2, 0) is 20.3 Å². The number of likely N-dealkylation sites (tertiary alicyclic amines) is 1. The second-order valence-electron chi connectivity index (χ2n) is 5.05. The van der Waals surface area contributed by atoms with Crippen molar-refractivity contribution in [1.29, 1.82) is 0 Å². The van der Waals surface area contributed by atoms with Gasteiger partial charge in [0.1, 0.15) is 5.75 Å². The van der Waals surface area contributed by atoms with E-state index < -0.39 is 15.2 Å². The lowest BCUT2D eigenvalue weighted by atomic mass is 10.1. The van der Waals surface area contributed by atoms with E-state index in [1.165, 1.54) is 12.1 Å². The van der Waals surface area contributed by atoms with Gasteiger partial charge in [-0.1, -0.05) is 0 Å². The minimum atomic E-state index is -3.76. The molecule has 0 N–H and O–H groups in total. The second-order valence-corrected chi connectivity index (χ2v) is 7.62. The Morgan fingerprint density at radius 3 is 2.65 bits per heavy atom. The number of carbonyl (C=O) groups excluding carboxylic acids is 1. The largest absolute Gasteiger partial charge is 0.480 e. The molecule has 2 aliphatic heterocycles. The average Bonchev–Trinajstić information content (AvgIpc) is 3.05. The number of benzene rings is 1. The van der Waals surface area contributed by atoms with Crippen LogP contribution in [0.2, 0.25) is 0 Å². The van der Waals surface area contributed by atoms with Crippen LogP contribution in [-0.4, -0.2) is 38.4 Å². The Hall–Kier alpha value is -1.27. The fourth-order valence-electron chi connectivity index (χ4n) is 2.66. The molecule has 1 aromatic rings. The predicted molar refractivity (Wildman–Crippen MR) is 73.4 cm³/mol. The van der Waals surface area contributed by atoms with Crippen molar-refractivity contribution in [2.45, 2.75) is 30.3 Å². The molecular formula is C13H14ClNO4S. The molecule has 1 unspecified atom stereocenters. The first-order valence-corrected chi connectivity index (χ1v) is 8.79. The van der Waals surface area contributed by atoms with Gasteiger partial charge in [0.25, 0.3) is 15.0 Å². The van der Waals surface area contributed by atoms with Gasteiger partial charge in [0.15, 0.2) is 6.10 Å². The van der Waals surface area contributed by atoms with Crippen molar-refractivity contribution in [1.82, 2.24) is 4.90 Å². The number of amides is 1. The van der Waals surface area contributed by atoms with E-state index in [1.807, 2.05) is 0 Å². The molecule has 20 heavy (non-hydrogen) atoms. The van der Waals surface area contributed by atoms with E-state index in [0.29, 0.717) is 17.7 Å². The van der Waals surface area contributed by atoms with Gasteiger partial charge in [0.2, 0.25) is 0 Å². The molecule has 0 aromatic heterocycles. The molecule has 108 valence electrons. The number of rotatable bonds is 2. The number of hydrogen-bond donors (Lipinski definition) is 0. The van der Waals surface area contributed by atoms with Crippen LogP contribution in [0.1, 0.15) is 18.4 Å². The van der Waals surface area contributed by atoms with Crippen LogP contribution < -0.4 is 4.74 Å². The highest BCUT2D eigenvalue weighted by atomic mass is 35.7. The van der Waals surface area contributed by atoms with Crippen molar-refractivity contribution < 1.29 is 17.9 Å². The Kier molecular flexibility index (Phi) is 3.38. The quantitative estimate of drug-likeness (QED) is 0.777. The first-order chi connectivity index (χ1) is 9.45. The minimum Gasteiger partial charge on any atom is -0.480 e. The van der Waals surface area contributed by atoms with Crippen LogP contribution >= 0.6 is 10.7 Å². The van der Waals surface area contributed by atoms with Gasteiger partial charge >= 0.3 is 0 Å². The fraction of sp³-hybridized carbons (Fsp3) is 0.462. The molecule has 2 aliphatic rings. The number of fused-ring (bicyclic) bond motifs is 1. The molecule has 0 aliphatic carbocycles. The normalized spacial score (nSPS) is 21.6. The van der Waals surface area contributed by atoms with Crippen LogP contribution in [0, 0.1) is 0 Å². The zero-order valence-electron chi connectivity index (χ0n) is 10.7. The molecule has 1 fully saturated rings. The number of hydrogen-bond acceptors (Lipinski definition) is 4. The third-order valence-corrected chi connectivity index (χ3v) is 5.03. The Bertz CT molecular complexity index is 652. The fourth-order valence-corrected chi connectivity index (χ4v) is 3.46. The molecule has 1 aromatic carbocycles. The van der Waals surface area contributed by atoms with Gasteiger partial charge < -0.3 is 9.64 Å². The number of ether oxygens (including phenoxy) is 1. The summed E-state index contributed by atoms with van der Waals surface area (Å²) in [4.78, 5) is 14.1. The van der Waals surface area contributed by atoms with Gasteiger partial charge in [-0.05, 0) is 36.6 Å². The molecule has 0 radical (unpaired) electrons. The molecule has 2 heterocycles. The summed E-state index contributed by atoms with van der Waals surface area (Å²) in [5, 5.41) is 0. The van der Waals surface area contributed by atoms with Gasteiger partial charge in [0, 0.05) is 30.2 Å². The highest BCUT2D eigenvalue weighted by Crippen LogP contribution is 2.32. The third-order valence-electron chi connectivity index (χ3n) is 3.68. The first kappa shape index (κ1) is 13.7. The second kappa shape index (κ2) is 4.93. The minimum absolute atomic E-state index is 0.0195. The van der Waals surface area contributed by atoms with Crippen molar-refractivity contribution >= 4 is 25.6 Å². The van der Waals surface area contributed by atoms with Crippen molar-refractivity contribution in [2.75, 3.05) is 13.1 Å². The van der Waals surface area contributed by atoms with E-state index in [1.54, 1.807) is 11.0 Å². The van der Waals surface area contributed by atoms with E-state index in [2.05, 4.69) is 0 Å². The number of carbonyl (C=O) groups is 1. The average molecular weight is 316 g/mol. The maximum absolute atomic E-state index is 12.3. The van der Waals surface area contributed by atoms with E-state index in [4.69, 9.17) is 15.4 Å². The Balaban J connectivity index is 1.80. The zero-order chi connectivity index (χ0) is 14.3. The summed E-state index contributed by atoms with van der Waals surface area (Å²) in [7, 11) is 1.56. The lowest BCUT2D eigenvalue weighted by Gasteiger charge is -2.19. The van der Waals surface area contributed by atoms with Crippen LogP contribution in [0.3, 0.4) is 0 Å². The summed E-state index contributed by atoms with van der Waals surface area (Å²) in [6.45, 7) is 1.55. The Labute approximate surface area is 121 Å². The van der Waals surface area contributed by atoms with Gasteiger partial charge in [-0.3, -0.25) is 4.79 Å². The third kappa shape index (κ3) is 2.50. The van der Waals surface area contributed by atoms with E-state index in [9.17, 15) is 13.2 Å². The lowest BCUT2D eigenvalue weighted by Crippen LogP contribution is -2.39. The van der Waals surface area contributed by atoms with Crippen molar-refractivity contribution in [3.8, 4) is 5.75 Å². The number of halogens is 1. The lowest BCUT2D eigenvalue weighted by molar-refractivity contribution is -0.136. The van der Waals surface area contributed by atoms with E-state index >= 15 is 0 Å². The molecule has 1 saturated heterocycles. The molecule has 1 atom stereocenters. The Morgan fingerprint density at radius 1 is 1.30 bits per heavy atom. The van der Waals surface area contributed by atoms with Gasteiger partial charge in [-0.15, -0.1) is 0 Å². The maximum Gasteiger partial charge on any atom is 0.263 e. The van der Waals surface area contributed by atoms with Crippen molar-refractivity contribution in [2.24, 2.45) is 0 Å². The Morgan fingerprint density at radius 2 is 2.00 bits per heavy atom. The maximum atomic E-state index is 12.3. The van der Waals surface area contributed by atoms with E-state index in [0.717, 1.165) is 25.9 Å². The molecule has 3 rings (SSSR count). The summed E-state index contributed by atoms with van der Waals surface area (Å²) in [6.07, 6.45) is 1.90. The topological polar surface area (TPSA) is 63.7 Å². The monoisotopic (exact) mass is 315 g/mol. The van der Waals surface area contributed by atoms with Crippen LogP contribution in [0.25, 0.3) is 0 Å². The molecule has 0 spiro atoms. The summed E-state index contributed by atoms with van der Waals surface area (Å²) < 4.78 is 28.2. The highest BCUT2D eigenvalue weighted by molar-refractivity contribution is 8.13. The van der Waals surface area contributed by atoms with E-state index in [-0.39, 0.29) is 10.8 Å². The van der Waals surface area contributed by atoms with Crippen LogP contribution in [0.15, 0.2) is 23.1 Å². The molecule has 0 bridgehead atoms. The standard InChI is InChI=1S/C13H14ClNO4S/c14-20(17,18)10-3-4-11-9(7-10)8-12(19-11)13(16)15-5-1-2-6-15/h3-4,7,12H,1-2,5-6,8H2. The zero-order valence-corrected chi connectivity index (χ0v) is 12.3. The van der Waals surface area contributed by atoms with Crippen molar-refractivity contribution in [3.63, 3.8) is 0 Å².